The Bertz CT molecular complexity index is 1580. The number of nitriles is 1. The third-order valence-corrected chi connectivity index (χ3v) is 6.92. The average Bonchev–Trinajstić information content (AvgIpc) is 3.18. The van der Waals surface area contributed by atoms with Gasteiger partial charge < -0.3 is 19.6 Å². The third kappa shape index (κ3) is 4.14. The molecule has 180 valence electrons. The number of hydrogen-bond donors (Lipinski definition) is 1. The molecule has 0 spiro atoms. The molecule has 0 aliphatic carbocycles. The van der Waals surface area contributed by atoms with E-state index in [0.29, 0.717) is 28.4 Å². The molecule has 0 amide bonds. The topological polar surface area (TPSA) is 98.5 Å². The quantitative estimate of drug-likeness (QED) is 0.219. The van der Waals surface area contributed by atoms with Crippen molar-refractivity contribution in [3.63, 3.8) is 0 Å². The second-order valence-electron chi connectivity index (χ2n) is 9.03. The van der Waals surface area contributed by atoms with Crippen LogP contribution < -0.4 is 15.2 Å². The van der Waals surface area contributed by atoms with E-state index in [2.05, 4.69) is 48.0 Å². The van der Waals surface area contributed by atoms with Crippen molar-refractivity contribution < 1.29 is 18.7 Å². The summed E-state index contributed by atoms with van der Waals surface area (Å²) in [6.45, 7) is 6.08. The maximum atomic E-state index is 12.9. The molecular formula is C29H23BrN2O4. The number of halogens is 1. The largest absolute Gasteiger partial charge is 0.449 e. The van der Waals surface area contributed by atoms with Crippen LogP contribution in [0, 0.1) is 18.3 Å². The van der Waals surface area contributed by atoms with Crippen molar-refractivity contribution >= 4 is 32.9 Å². The van der Waals surface area contributed by atoms with Gasteiger partial charge in [0.2, 0.25) is 11.6 Å². The van der Waals surface area contributed by atoms with E-state index < -0.39 is 5.97 Å². The highest BCUT2D eigenvalue weighted by Gasteiger charge is 2.31. The number of rotatable bonds is 4. The summed E-state index contributed by atoms with van der Waals surface area (Å²) in [4.78, 5) is 12.9. The number of nitrogens with two attached hydrogens (primary N) is 1. The molecule has 6 nitrogen and oxygen atoms in total. The van der Waals surface area contributed by atoms with Crippen molar-refractivity contribution in [2.24, 2.45) is 5.73 Å². The van der Waals surface area contributed by atoms with Gasteiger partial charge in [-0.05, 0) is 48.2 Å². The molecule has 4 aromatic rings. The zero-order chi connectivity index (χ0) is 25.6. The van der Waals surface area contributed by atoms with E-state index >= 15 is 0 Å². The van der Waals surface area contributed by atoms with E-state index in [-0.39, 0.29) is 23.3 Å². The van der Waals surface area contributed by atoms with Crippen LogP contribution in [0.4, 0.5) is 0 Å². The van der Waals surface area contributed by atoms with E-state index in [1.54, 1.807) is 18.2 Å². The number of nitrogens with zero attached hydrogens (tertiary/aromatic N) is 1. The normalized spacial score (nSPS) is 14.9. The number of hydrogen-bond acceptors (Lipinski definition) is 6. The highest BCUT2D eigenvalue weighted by Crippen LogP contribution is 2.43. The van der Waals surface area contributed by atoms with E-state index in [4.69, 9.17) is 19.6 Å². The van der Waals surface area contributed by atoms with Crippen molar-refractivity contribution in [3.8, 4) is 17.6 Å². The average molecular weight is 543 g/mol. The fraction of sp³-hybridized carbons (Fsp3) is 0.172. The Labute approximate surface area is 217 Å². The summed E-state index contributed by atoms with van der Waals surface area (Å²) in [5, 5.41) is 10.7. The monoisotopic (exact) mass is 542 g/mol. The molecule has 1 aliphatic rings. The Balaban J connectivity index is 1.48. The summed E-state index contributed by atoms with van der Waals surface area (Å²) in [6, 6.07) is 21.0. The van der Waals surface area contributed by atoms with Gasteiger partial charge in [-0.1, -0.05) is 60.1 Å². The lowest BCUT2D eigenvalue weighted by Crippen LogP contribution is -2.21. The minimum absolute atomic E-state index is 0.0325. The third-order valence-electron chi connectivity index (χ3n) is 6.42. The summed E-state index contributed by atoms with van der Waals surface area (Å²) in [7, 11) is 0. The molecule has 0 saturated heterocycles. The number of benzene rings is 3. The predicted octanol–water partition coefficient (Wildman–Crippen LogP) is 7.06. The number of furan rings is 1. The van der Waals surface area contributed by atoms with Crippen molar-refractivity contribution in [2.45, 2.75) is 32.6 Å². The van der Waals surface area contributed by atoms with Crippen LogP contribution in [0.15, 0.2) is 81.0 Å². The van der Waals surface area contributed by atoms with Gasteiger partial charge in [-0.2, -0.15) is 5.26 Å². The molecule has 1 aromatic heterocycles. The molecular weight excluding hydrogens is 520 g/mol. The fourth-order valence-electron chi connectivity index (χ4n) is 4.46. The first-order chi connectivity index (χ1) is 17.3. The molecule has 0 radical (unpaired) electrons. The van der Waals surface area contributed by atoms with Gasteiger partial charge in [0.15, 0.2) is 0 Å². The van der Waals surface area contributed by atoms with Crippen LogP contribution in [-0.4, -0.2) is 5.97 Å². The van der Waals surface area contributed by atoms with Crippen LogP contribution in [0.2, 0.25) is 0 Å². The number of fused-ring (bicyclic) bond motifs is 2. The molecule has 0 bridgehead atoms. The Kier molecular flexibility index (Phi) is 6.07. The lowest BCUT2D eigenvalue weighted by atomic mass is 9.83. The Hall–Kier alpha value is -4.02. The molecule has 2 heterocycles. The van der Waals surface area contributed by atoms with E-state index in [1.165, 1.54) is 5.56 Å². The number of ether oxygens (including phenoxy) is 2. The first-order valence-electron chi connectivity index (χ1n) is 11.5. The molecule has 3 aromatic carbocycles. The predicted molar refractivity (Wildman–Crippen MR) is 140 cm³/mol. The highest BCUT2D eigenvalue weighted by atomic mass is 79.9. The van der Waals surface area contributed by atoms with Gasteiger partial charge in [0.1, 0.15) is 28.7 Å². The van der Waals surface area contributed by atoms with Gasteiger partial charge in [-0.15, -0.1) is 0 Å². The molecule has 1 atom stereocenters. The van der Waals surface area contributed by atoms with Gasteiger partial charge in [0, 0.05) is 27.1 Å². The minimum Gasteiger partial charge on any atom is -0.449 e. The first-order valence-corrected chi connectivity index (χ1v) is 12.3. The van der Waals surface area contributed by atoms with Crippen molar-refractivity contribution in [1.82, 2.24) is 0 Å². The summed E-state index contributed by atoms with van der Waals surface area (Å²) in [5.41, 5.74) is 10.7. The molecule has 7 heteroatoms. The van der Waals surface area contributed by atoms with Gasteiger partial charge >= 0.3 is 5.97 Å². The summed E-state index contributed by atoms with van der Waals surface area (Å²) in [6.07, 6.45) is 0. The molecule has 1 aliphatic heterocycles. The van der Waals surface area contributed by atoms with Crippen LogP contribution >= 0.6 is 15.9 Å². The zero-order valence-electron chi connectivity index (χ0n) is 20.0. The lowest BCUT2D eigenvalue weighted by molar-refractivity contribution is 0.0702. The van der Waals surface area contributed by atoms with E-state index in [1.807, 2.05) is 37.3 Å². The van der Waals surface area contributed by atoms with Crippen LogP contribution in [0.1, 0.15) is 58.5 Å². The molecule has 2 N–H and O–H groups in total. The second kappa shape index (κ2) is 9.21. The minimum atomic E-state index is -0.613. The maximum Gasteiger partial charge on any atom is 0.379 e. The van der Waals surface area contributed by atoms with Gasteiger partial charge in [0.25, 0.3) is 0 Å². The summed E-state index contributed by atoms with van der Waals surface area (Å²) < 4.78 is 18.0. The van der Waals surface area contributed by atoms with Crippen molar-refractivity contribution in [1.29, 1.82) is 5.26 Å². The second-order valence-corrected chi connectivity index (χ2v) is 9.95. The van der Waals surface area contributed by atoms with Crippen LogP contribution in [0.5, 0.6) is 11.5 Å². The molecule has 36 heavy (non-hydrogen) atoms. The Morgan fingerprint density at radius 1 is 1.11 bits per heavy atom. The van der Waals surface area contributed by atoms with Gasteiger partial charge in [-0.3, -0.25) is 0 Å². The number of esters is 1. The smallest absolute Gasteiger partial charge is 0.379 e. The molecule has 5 rings (SSSR count). The molecule has 0 saturated carbocycles. The highest BCUT2D eigenvalue weighted by molar-refractivity contribution is 9.10. The zero-order valence-corrected chi connectivity index (χ0v) is 21.5. The van der Waals surface area contributed by atoms with E-state index in [9.17, 15) is 10.1 Å². The van der Waals surface area contributed by atoms with Crippen LogP contribution in [0.25, 0.3) is 11.0 Å². The SMILES string of the molecule is Cc1c(C(=O)Oc2ccc3c(c2)OC(N)=C(C#N)C3c2ccc(C(C)C)cc2)oc2cc(Br)ccc12. The van der Waals surface area contributed by atoms with Crippen molar-refractivity contribution in [2.75, 3.05) is 0 Å². The number of aryl methyl sites for hydroxylation is 1. The van der Waals surface area contributed by atoms with Crippen molar-refractivity contribution in [3.05, 3.63) is 105 Å². The van der Waals surface area contributed by atoms with Gasteiger partial charge in [0.05, 0.1) is 5.92 Å². The maximum absolute atomic E-state index is 12.9. The van der Waals surface area contributed by atoms with Crippen LogP contribution in [-0.2, 0) is 0 Å². The summed E-state index contributed by atoms with van der Waals surface area (Å²) in [5.74, 6) is 0.271. The number of carbonyl (C=O) groups is 1. The fourth-order valence-corrected chi connectivity index (χ4v) is 4.80. The van der Waals surface area contributed by atoms with Gasteiger partial charge in [-0.25, -0.2) is 4.79 Å². The molecule has 1 unspecified atom stereocenters. The molecule has 0 fully saturated rings. The summed E-state index contributed by atoms with van der Waals surface area (Å²) >= 11 is 3.41. The lowest BCUT2D eigenvalue weighted by Gasteiger charge is -2.27. The standard InChI is InChI=1S/C29H23BrN2O4/c1-15(2)17-4-6-18(7-5-17)26-22-11-9-20(13-25(22)36-28(32)23(26)14-31)34-29(33)27-16(3)21-10-8-19(30)12-24(21)35-27/h4-13,15,26H,32H2,1-3H3. The van der Waals surface area contributed by atoms with Crippen LogP contribution in [0.3, 0.4) is 0 Å². The Morgan fingerprint density at radius 2 is 1.86 bits per heavy atom. The number of allylic oxidation sites excluding steroid dienone is 1. The Morgan fingerprint density at radius 3 is 2.56 bits per heavy atom. The van der Waals surface area contributed by atoms with E-state index in [0.717, 1.165) is 21.0 Å². The number of carbonyl (C=O) groups excluding carboxylic acids is 1. The first kappa shape index (κ1) is 23.7.